The van der Waals surface area contributed by atoms with Gasteiger partial charge < -0.3 is 24.6 Å². The monoisotopic (exact) mass is 853 g/mol. The van der Waals surface area contributed by atoms with Crippen molar-refractivity contribution >= 4 is 44.9 Å². The number of nitriles is 2. The second-order valence-corrected chi connectivity index (χ2v) is 18.4. The number of methoxy groups -OCH3 is 1. The Morgan fingerprint density at radius 2 is 1.59 bits per heavy atom. The van der Waals surface area contributed by atoms with Gasteiger partial charge in [-0.1, -0.05) is 42.5 Å². The molecule has 0 aromatic heterocycles. The predicted molar refractivity (Wildman–Crippen MR) is 219 cm³/mol. The van der Waals surface area contributed by atoms with Crippen molar-refractivity contribution in [3.63, 3.8) is 0 Å². The summed E-state index contributed by atoms with van der Waals surface area (Å²) in [6, 6.07) is 18.3. The molecule has 17 nitrogen and oxygen atoms in total. The van der Waals surface area contributed by atoms with E-state index in [9.17, 15) is 14.9 Å². The van der Waals surface area contributed by atoms with Crippen molar-refractivity contribution in [3.05, 3.63) is 94.0 Å². The zero-order valence-electron chi connectivity index (χ0n) is 35.1. The number of sulfonamides is 1. The maximum Gasteiger partial charge on any atom is 0.289 e. The normalized spacial score (nSPS) is 27.7. The molecule has 0 aliphatic carbocycles. The number of carbonyl (C=O) groups is 4. The lowest BCUT2D eigenvalue weighted by molar-refractivity contribution is -0.387. The summed E-state index contributed by atoms with van der Waals surface area (Å²) in [5.41, 5.74) is -8.90. The molecule has 61 heavy (non-hydrogen) atoms. The van der Waals surface area contributed by atoms with E-state index in [1.807, 2.05) is 0 Å². The van der Waals surface area contributed by atoms with Gasteiger partial charge in [-0.3, -0.25) is 33.6 Å². The molecule has 5 heterocycles. The Morgan fingerprint density at radius 1 is 1.00 bits per heavy atom. The van der Waals surface area contributed by atoms with Gasteiger partial charge in [0.2, 0.25) is 17.4 Å². The Bertz CT molecular complexity index is 2520. The van der Waals surface area contributed by atoms with Gasteiger partial charge in [-0.25, -0.2) is 8.42 Å². The van der Waals surface area contributed by atoms with Crippen molar-refractivity contribution in [2.45, 2.75) is 107 Å². The van der Waals surface area contributed by atoms with Crippen LogP contribution in [0.3, 0.4) is 0 Å². The van der Waals surface area contributed by atoms with Crippen LogP contribution in [-0.2, 0) is 45.9 Å². The lowest BCUT2D eigenvalue weighted by atomic mass is 9.48. The SMILES string of the molecule is CC#N.CC#N.COc1ccc(CN2C(=O)[C@@]3(C)CCCN4C(=O)[C@]5(C(C)=O)O[C@@]43[C@@]3(c4ccccc4N(S(=O)(=O)c4ccccc4[N+](=O)[O-])[C@H]53)[C@H]2C(=O)NC(C)(C)C)cc1. The molecule has 2 bridgehead atoms. The smallest absolute Gasteiger partial charge is 0.289 e. The summed E-state index contributed by atoms with van der Waals surface area (Å²) in [6.45, 7) is 10.9. The van der Waals surface area contributed by atoms with E-state index in [2.05, 4.69) is 5.32 Å². The number of Topliss-reactive ketones (excluding diaryl/α,β-unsaturated/α-hetero) is 1. The summed E-state index contributed by atoms with van der Waals surface area (Å²) in [5, 5.41) is 30.0. The average molecular weight is 854 g/mol. The summed E-state index contributed by atoms with van der Waals surface area (Å²) in [6.07, 6.45) is 0.521. The number of carbonyl (C=O) groups excluding carboxylic acids is 4. The van der Waals surface area contributed by atoms with Gasteiger partial charge in [-0.15, -0.1) is 0 Å². The molecule has 5 aliphatic heterocycles. The Morgan fingerprint density at radius 3 is 2.16 bits per heavy atom. The number of rotatable bonds is 8. The molecule has 1 N–H and O–H groups in total. The quantitative estimate of drug-likeness (QED) is 0.188. The summed E-state index contributed by atoms with van der Waals surface area (Å²) >= 11 is 0. The summed E-state index contributed by atoms with van der Waals surface area (Å²) in [4.78, 5) is 74.0. The Balaban J connectivity index is 0.000000981. The first-order valence-corrected chi connectivity index (χ1v) is 20.9. The number of nitro benzene ring substituents is 1. The van der Waals surface area contributed by atoms with E-state index in [0.717, 1.165) is 23.4 Å². The molecule has 0 unspecified atom stereocenters. The number of anilines is 1. The Kier molecular flexibility index (Phi) is 11.1. The van der Waals surface area contributed by atoms with Crippen LogP contribution in [0, 0.1) is 38.2 Å². The van der Waals surface area contributed by atoms with Crippen LogP contribution >= 0.6 is 0 Å². The van der Waals surface area contributed by atoms with Crippen LogP contribution in [0.4, 0.5) is 11.4 Å². The number of hydrogen-bond donors (Lipinski definition) is 1. The molecule has 320 valence electrons. The zero-order chi connectivity index (χ0) is 45.1. The van der Waals surface area contributed by atoms with Crippen LogP contribution in [0.5, 0.6) is 5.75 Å². The summed E-state index contributed by atoms with van der Waals surface area (Å²) in [7, 11) is -3.52. The number of nitro groups is 1. The van der Waals surface area contributed by atoms with Gasteiger partial charge in [0.25, 0.3) is 21.6 Å². The number of ketones is 1. The first-order chi connectivity index (χ1) is 28.7. The highest BCUT2D eigenvalue weighted by atomic mass is 32.2. The van der Waals surface area contributed by atoms with Crippen LogP contribution in [-0.4, -0.2) is 89.2 Å². The van der Waals surface area contributed by atoms with Crippen LogP contribution in [0.25, 0.3) is 0 Å². The van der Waals surface area contributed by atoms with Gasteiger partial charge in [-0.05, 0) is 82.9 Å². The van der Waals surface area contributed by atoms with E-state index in [1.54, 1.807) is 82.3 Å². The zero-order valence-corrected chi connectivity index (χ0v) is 35.9. The van der Waals surface area contributed by atoms with Crippen molar-refractivity contribution in [1.82, 2.24) is 15.1 Å². The second-order valence-electron chi connectivity index (χ2n) is 16.6. The molecule has 3 aromatic carbocycles. The minimum atomic E-state index is -5.04. The van der Waals surface area contributed by atoms with E-state index in [0.29, 0.717) is 17.7 Å². The highest BCUT2D eigenvalue weighted by molar-refractivity contribution is 7.93. The van der Waals surface area contributed by atoms with Crippen molar-refractivity contribution < 1.29 is 42.0 Å². The topological polar surface area (TPSA) is 233 Å². The largest absolute Gasteiger partial charge is 0.497 e. The van der Waals surface area contributed by atoms with Crippen LogP contribution < -0.4 is 14.4 Å². The molecule has 4 saturated heterocycles. The van der Waals surface area contributed by atoms with Crippen LogP contribution in [0.2, 0.25) is 0 Å². The third-order valence-electron chi connectivity index (χ3n) is 12.1. The van der Waals surface area contributed by atoms with Gasteiger partial charge in [-0.2, -0.15) is 10.5 Å². The first-order valence-electron chi connectivity index (χ1n) is 19.5. The molecule has 3 amide bonds. The van der Waals surface area contributed by atoms with E-state index < -0.39 is 88.8 Å². The summed E-state index contributed by atoms with van der Waals surface area (Å²) < 4.78 is 43.9. The van der Waals surface area contributed by atoms with Gasteiger partial charge >= 0.3 is 0 Å². The third-order valence-corrected chi connectivity index (χ3v) is 13.9. The molecule has 18 heteroatoms. The van der Waals surface area contributed by atoms with Gasteiger partial charge in [0.15, 0.2) is 16.4 Å². The number of piperidine rings is 3. The fourth-order valence-corrected chi connectivity index (χ4v) is 12.2. The molecule has 6 atom stereocenters. The number of amides is 3. The molecule has 2 spiro atoms. The predicted octanol–water partition coefficient (Wildman–Crippen LogP) is 4.50. The van der Waals surface area contributed by atoms with Crippen molar-refractivity contribution in [2.75, 3.05) is 18.0 Å². The number of benzene rings is 3. The second kappa shape index (κ2) is 15.3. The van der Waals surface area contributed by atoms with E-state index in [-0.39, 0.29) is 30.8 Å². The lowest BCUT2D eigenvalue weighted by Crippen LogP contribution is -2.87. The molecule has 3 aromatic rings. The molecule has 0 radical (unpaired) electrons. The minimum absolute atomic E-state index is 0.00818. The van der Waals surface area contributed by atoms with Crippen LogP contribution in [0.1, 0.15) is 72.4 Å². The Hall–Kier alpha value is -6.37. The number of nitrogens with one attached hydrogen (secondary N) is 1. The Labute approximate surface area is 354 Å². The first kappa shape index (κ1) is 44.2. The average Bonchev–Trinajstić information content (AvgIpc) is 3.78. The lowest BCUT2D eigenvalue weighted by Gasteiger charge is -2.67. The van der Waals surface area contributed by atoms with Gasteiger partial charge in [0.05, 0.1) is 35.3 Å². The minimum Gasteiger partial charge on any atom is -0.497 e. The maximum absolute atomic E-state index is 15.5. The third kappa shape index (κ3) is 5.90. The standard InChI is InChI=1S/C39H41N5O10S.2C2H3N/c1-23(45)38-32-37(26-12-7-8-13-27(26)43(32)55(51,52)29-15-10-9-14-28(29)44(49)50)30(31(46)40-35(2,3)4)41(22-24-16-18-25(53-6)19-17-24)33(47)36(5)20-11-21-42(34(38)48)39(36,37)54-38;2*1-2-3/h7-10,12-19,30,32H,11,20-22H2,1-6H3,(H,40,46);2*1H3/t30-,32+,36-,37+,38-,39+;;/m1../s1. The highest BCUT2D eigenvalue weighted by Crippen LogP contribution is 2.76. The number of para-hydroxylation sites is 2. The highest BCUT2D eigenvalue weighted by Gasteiger charge is 2.96. The van der Waals surface area contributed by atoms with Gasteiger partial charge in [0, 0.05) is 38.5 Å². The molecule has 0 saturated carbocycles. The van der Waals surface area contributed by atoms with Gasteiger partial charge in [0.1, 0.15) is 23.2 Å². The number of likely N-dealkylation sites (tertiary alicyclic amines) is 1. The van der Waals surface area contributed by atoms with Crippen molar-refractivity contribution in [1.29, 1.82) is 10.5 Å². The molecule has 8 rings (SSSR count). The van der Waals surface area contributed by atoms with Crippen molar-refractivity contribution in [2.24, 2.45) is 5.41 Å². The number of hydrogen-bond acceptors (Lipinski definition) is 12. The van der Waals surface area contributed by atoms with E-state index in [4.69, 9.17) is 20.0 Å². The number of nitrogens with zero attached hydrogens (tertiary/aromatic N) is 6. The number of ether oxygens (including phenoxy) is 2. The fraction of sp³-hybridized carbons (Fsp3) is 0.442. The molecule has 4 fully saturated rings. The maximum atomic E-state index is 15.5. The van der Waals surface area contributed by atoms with Crippen LogP contribution in [0.15, 0.2) is 77.7 Å². The summed E-state index contributed by atoms with van der Waals surface area (Å²) in [5.74, 6) is -2.27. The molecular formula is C43H47N7O10S. The molecule has 5 aliphatic rings. The molecular weight excluding hydrogens is 807 g/mol. The fourth-order valence-electron chi connectivity index (χ4n) is 10.3. The number of fused-ring (bicyclic) bond motifs is 3. The van der Waals surface area contributed by atoms with Crippen molar-refractivity contribution in [3.8, 4) is 17.9 Å². The van der Waals surface area contributed by atoms with E-state index in [1.165, 1.54) is 49.0 Å². The van der Waals surface area contributed by atoms with E-state index >= 15 is 22.8 Å².